The molecule has 20 heavy (non-hydrogen) atoms. The fourth-order valence-corrected chi connectivity index (χ4v) is 1.72. The summed E-state index contributed by atoms with van der Waals surface area (Å²) in [6, 6.07) is 2.99. The smallest absolute Gasteiger partial charge is 0.250 e. The number of aromatic nitrogens is 3. The van der Waals surface area contributed by atoms with E-state index in [1.54, 1.807) is 6.07 Å². The highest BCUT2D eigenvalue weighted by molar-refractivity contribution is 6.34. The number of pyridine rings is 1. The lowest BCUT2D eigenvalue weighted by Gasteiger charge is -2.03. The summed E-state index contributed by atoms with van der Waals surface area (Å²) in [6.45, 7) is 0. The monoisotopic (exact) mass is 309 g/mol. The number of hydrogen-bond acceptors (Lipinski definition) is 5. The zero-order valence-electron chi connectivity index (χ0n) is 10.0. The summed E-state index contributed by atoms with van der Waals surface area (Å²) < 4.78 is 0. The number of H-pyrrole nitrogens is 1. The number of rotatable bonds is 3. The van der Waals surface area contributed by atoms with Crippen LogP contribution in [0.15, 0.2) is 40.5 Å². The number of aromatic amines is 1. The third-order valence-electron chi connectivity index (χ3n) is 2.28. The van der Waals surface area contributed by atoms with Gasteiger partial charge in [-0.1, -0.05) is 11.6 Å². The predicted molar refractivity (Wildman–Crippen MR) is 79.4 cm³/mol. The highest BCUT2D eigenvalue weighted by Crippen LogP contribution is 2.21. The maximum absolute atomic E-state index is 11.1. The molecule has 0 saturated heterocycles. The molecule has 102 valence electrons. The Morgan fingerprint density at radius 3 is 2.95 bits per heavy atom. The number of halogens is 2. The minimum absolute atomic E-state index is 0.0494. The van der Waals surface area contributed by atoms with E-state index < -0.39 is 0 Å². The fourth-order valence-electron chi connectivity index (χ4n) is 1.39. The Labute approximate surface area is 124 Å². The van der Waals surface area contributed by atoms with E-state index in [0.717, 1.165) is 0 Å². The molecule has 0 bridgehead atoms. The molecule has 0 fully saturated rings. The summed E-state index contributed by atoms with van der Waals surface area (Å²) in [5.41, 5.74) is 6.58. The van der Waals surface area contributed by atoms with Crippen LogP contribution >= 0.6 is 23.2 Å². The number of hydrogen-bond donors (Lipinski definition) is 2. The summed E-state index contributed by atoms with van der Waals surface area (Å²) in [5.74, 6) is 0. The van der Waals surface area contributed by atoms with Crippen molar-refractivity contribution < 1.29 is 0 Å². The molecule has 0 spiro atoms. The van der Waals surface area contributed by atoms with Crippen molar-refractivity contribution >= 4 is 40.7 Å². The number of aliphatic imine (C=N–C) groups is 1. The van der Waals surface area contributed by atoms with E-state index in [0.29, 0.717) is 22.0 Å². The quantitative estimate of drug-likeness (QED) is 0.670. The average Bonchev–Trinajstić information content (AvgIpc) is 2.43. The van der Waals surface area contributed by atoms with Gasteiger partial charge in [0.1, 0.15) is 0 Å². The summed E-state index contributed by atoms with van der Waals surface area (Å²) in [4.78, 5) is 25.5. The normalized spacial score (nSPS) is 12.0. The van der Waals surface area contributed by atoms with Crippen molar-refractivity contribution in [3.8, 4) is 0 Å². The van der Waals surface area contributed by atoms with Gasteiger partial charge in [0.2, 0.25) is 10.8 Å². The molecule has 2 aromatic rings. The Hall–Kier alpha value is -2.18. The zero-order valence-corrected chi connectivity index (χ0v) is 11.6. The Balaban J connectivity index is 2.35. The van der Waals surface area contributed by atoms with E-state index in [4.69, 9.17) is 28.9 Å². The van der Waals surface area contributed by atoms with E-state index in [1.165, 1.54) is 30.9 Å². The highest BCUT2D eigenvalue weighted by Gasteiger charge is 2.08. The first-order valence-electron chi connectivity index (χ1n) is 5.43. The molecule has 0 atom stereocenters. The molecule has 0 amide bonds. The van der Waals surface area contributed by atoms with Gasteiger partial charge in [0, 0.05) is 30.3 Å². The third kappa shape index (κ3) is 3.43. The summed E-state index contributed by atoms with van der Waals surface area (Å²) in [7, 11) is 0. The van der Waals surface area contributed by atoms with Gasteiger partial charge in [0.15, 0.2) is 0 Å². The molecular weight excluding hydrogens is 301 g/mol. The van der Waals surface area contributed by atoms with Crippen LogP contribution in [0.4, 0.5) is 5.69 Å². The lowest BCUT2D eigenvalue weighted by Crippen LogP contribution is -2.00. The second-order valence-corrected chi connectivity index (χ2v) is 4.37. The molecule has 8 heteroatoms. The SMILES string of the molecule is N/C=C(\C=Nc1cc[nH]c(=O)c1)c1nc(Cl)ncc1Cl. The minimum atomic E-state index is -0.249. The standard InChI is InChI=1S/C12H9Cl2N5O/c13-9-6-18-12(14)19-11(9)7(4-15)5-17-8-1-2-16-10(20)3-8/h1-6H,15H2,(H,16,20)/b7-4+,17-5?. The van der Waals surface area contributed by atoms with Crippen molar-refractivity contribution in [2.45, 2.75) is 0 Å². The van der Waals surface area contributed by atoms with E-state index >= 15 is 0 Å². The Morgan fingerprint density at radius 2 is 2.25 bits per heavy atom. The third-order valence-corrected chi connectivity index (χ3v) is 2.74. The molecule has 0 aliphatic carbocycles. The number of nitrogens with one attached hydrogen (secondary N) is 1. The Bertz CT molecular complexity index is 739. The van der Waals surface area contributed by atoms with E-state index in [1.807, 2.05) is 0 Å². The van der Waals surface area contributed by atoms with Gasteiger partial charge < -0.3 is 10.7 Å². The minimum Gasteiger partial charge on any atom is -0.404 e. The van der Waals surface area contributed by atoms with Gasteiger partial charge in [-0.2, -0.15) is 0 Å². The van der Waals surface area contributed by atoms with Crippen LogP contribution in [0.5, 0.6) is 0 Å². The van der Waals surface area contributed by atoms with Gasteiger partial charge in [-0.15, -0.1) is 0 Å². The van der Waals surface area contributed by atoms with Crippen molar-refractivity contribution in [2.75, 3.05) is 0 Å². The topological polar surface area (TPSA) is 97.0 Å². The van der Waals surface area contributed by atoms with E-state index in [-0.39, 0.29) is 10.8 Å². The molecule has 0 aliphatic rings. The first-order chi connectivity index (χ1) is 9.60. The van der Waals surface area contributed by atoms with Crippen LogP contribution in [-0.2, 0) is 0 Å². The molecular formula is C12H9Cl2N5O. The largest absolute Gasteiger partial charge is 0.404 e. The lowest BCUT2D eigenvalue weighted by molar-refractivity contribution is 1.15. The highest BCUT2D eigenvalue weighted by atomic mass is 35.5. The Morgan fingerprint density at radius 1 is 1.45 bits per heavy atom. The van der Waals surface area contributed by atoms with E-state index in [2.05, 4.69) is 19.9 Å². The van der Waals surface area contributed by atoms with Crippen LogP contribution in [0.2, 0.25) is 10.3 Å². The van der Waals surface area contributed by atoms with Crippen molar-refractivity contribution in [3.63, 3.8) is 0 Å². The zero-order chi connectivity index (χ0) is 14.5. The van der Waals surface area contributed by atoms with Crippen molar-refractivity contribution in [2.24, 2.45) is 10.7 Å². The predicted octanol–water partition coefficient (Wildman–Crippen LogP) is 2.17. The maximum Gasteiger partial charge on any atom is 0.250 e. The van der Waals surface area contributed by atoms with E-state index in [9.17, 15) is 4.79 Å². The first-order valence-corrected chi connectivity index (χ1v) is 6.19. The maximum atomic E-state index is 11.1. The molecule has 0 radical (unpaired) electrons. The van der Waals surface area contributed by atoms with Crippen molar-refractivity contribution in [3.05, 3.63) is 57.1 Å². The van der Waals surface area contributed by atoms with Crippen LogP contribution in [0.3, 0.4) is 0 Å². The molecule has 6 nitrogen and oxygen atoms in total. The van der Waals surface area contributed by atoms with Gasteiger partial charge in [-0.3, -0.25) is 9.79 Å². The number of nitrogens with two attached hydrogens (primary N) is 1. The van der Waals surface area contributed by atoms with Gasteiger partial charge in [-0.05, 0) is 17.7 Å². The van der Waals surface area contributed by atoms with Crippen LogP contribution in [0, 0.1) is 0 Å². The van der Waals surface area contributed by atoms with Gasteiger partial charge in [0.25, 0.3) is 0 Å². The van der Waals surface area contributed by atoms with Crippen LogP contribution in [-0.4, -0.2) is 21.2 Å². The van der Waals surface area contributed by atoms with Gasteiger partial charge in [0.05, 0.1) is 22.6 Å². The second-order valence-electron chi connectivity index (χ2n) is 3.63. The molecule has 2 aromatic heterocycles. The molecule has 2 rings (SSSR count). The summed E-state index contributed by atoms with van der Waals surface area (Å²) >= 11 is 11.7. The van der Waals surface area contributed by atoms with Crippen LogP contribution in [0.25, 0.3) is 5.57 Å². The molecule has 3 N–H and O–H groups in total. The first kappa shape index (κ1) is 14.2. The molecule has 0 saturated carbocycles. The van der Waals surface area contributed by atoms with Crippen LogP contribution < -0.4 is 11.3 Å². The Kier molecular flexibility index (Phi) is 4.49. The van der Waals surface area contributed by atoms with Crippen LogP contribution in [0.1, 0.15) is 5.69 Å². The van der Waals surface area contributed by atoms with Crippen molar-refractivity contribution in [1.82, 2.24) is 15.0 Å². The van der Waals surface area contributed by atoms with Gasteiger partial charge >= 0.3 is 0 Å². The average molecular weight is 310 g/mol. The van der Waals surface area contributed by atoms with Crippen molar-refractivity contribution in [1.29, 1.82) is 0 Å². The molecule has 0 aliphatic heterocycles. The number of nitrogens with zero attached hydrogens (tertiary/aromatic N) is 3. The number of allylic oxidation sites excluding steroid dienone is 1. The molecule has 0 aromatic carbocycles. The second kappa shape index (κ2) is 6.31. The summed E-state index contributed by atoms with van der Waals surface area (Å²) in [5, 5.41) is 0.344. The summed E-state index contributed by atoms with van der Waals surface area (Å²) in [6.07, 6.45) is 5.60. The molecule has 0 unspecified atom stereocenters. The fraction of sp³-hybridized carbons (Fsp3) is 0. The van der Waals surface area contributed by atoms with Gasteiger partial charge in [-0.25, -0.2) is 9.97 Å². The molecule has 2 heterocycles. The lowest BCUT2D eigenvalue weighted by atomic mass is 10.2.